The molecule has 4 N–H and O–H groups in total. The van der Waals surface area contributed by atoms with E-state index in [4.69, 9.17) is 5.73 Å². The Morgan fingerprint density at radius 2 is 1.54 bits per heavy atom. The van der Waals surface area contributed by atoms with E-state index in [2.05, 4.69) is 11.4 Å². The summed E-state index contributed by atoms with van der Waals surface area (Å²) in [6.07, 6.45) is -0.572. The number of nitrogens with two attached hydrogens (primary N) is 1. The standard InChI is InChI=1S/C23H26N2O3/c1-14(2)11-21(26)23(28)25-20(22(24)27)13-19-17-9-5-3-7-15(17)12-16-8-4-6-10-18(16)19/h3-10,12,14,20-21,26H,11,13H2,1-2H3,(H2,24,27)(H,25,28)/t20-,21+/m0/s1. The number of aliphatic hydroxyl groups is 1. The zero-order valence-corrected chi connectivity index (χ0v) is 16.2. The maximum Gasteiger partial charge on any atom is 0.249 e. The average Bonchev–Trinajstić information content (AvgIpc) is 2.66. The molecule has 0 aliphatic carbocycles. The number of carbonyl (C=O) groups excluding carboxylic acids is 2. The Labute approximate surface area is 164 Å². The first-order valence-corrected chi connectivity index (χ1v) is 9.54. The molecule has 3 aromatic carbocycles. The maximum absolute atomic E-state index is 12.3. The lowest BCUT2D eigenvalue weighted by molar-refractivity contribution is -0.133. The van der Waals surface area contributed by atoms with Crippen molar-refractivity contribution in [3.8, 4) is 0 Å². The zero-order valence-electron chi connectivity index (χ0n) is 16.2. The molecule has 0 saturated heterocycles. The van der Waals surface area contributed by atoms with Crippen molar-refractivity contribution in [3.63, 3.8) is 0 Å². The third-order valence-electron chi connectivity index (χ3n) is 4.95. The average molecular weight is 378 g/mol. The number of primary amides is 1. The Morgan fingerprint density at radius 1 is 1.00 bits per heavy atom. The summed E-state index contributed by atoms with van der Waals surface area (Å²) in [7, 11) is 0. The van der Waals surface area contributed by atoms with Gasteiger partial charge in [0.1, 0.15) is 12.1 Å². The third kappa shape index (κ3) is 4.31. The molecular weight excluding hydrogens is 352 g/mol. The van der Waals surface area contributed by atoms with Gasteiger partial charge in [-0.25, -0.2) is 0 Å². The maximum atomic E-state index is 12.3. The monoisotopic (exact) mass is 378 g/mol. The molecule has 0 unspecified atom stereocenters. The molecule has 0 bridgehead atoms. The molecule has 0 saturated carbocycles. The van der Waals surface area contributed by atoms with Crippen LogP contribution < -0.4 is 11.1 Å². The fourth-order valence-corrected chi connectivity index (χ4v) is 3.58. The van der Waals surface area contributed by atoms with E-state index in [1.54, 1.807) is 0 Å². The van der Waals surface area contributed by atoms with Crippen LogP contribution in [0.15, 0.2) is 54.6 Å². The molecule has 5 heteroatoms. The summed E-state index contributed by atoms with van der Waals surface area (Å²) in [5.41, 5.74) is 6.54. The lowest BCUT2D eigenvalue weighted by Gasteiger charge is -2.21. The second-order valence-electron chi connectivity index (χ2n) is 7.61. The van der Waals surface area contributed by atoms with Crippen LogP contribution in [-0.2, 0) is 16.0 Å². The fraction of sp³-hybridized carbons (Fsp3) is 0.304. The van der Waals surface area contributed by atoms with Crippen molar-refractivity contribution in [2.24, 2.45) is 11.7 Å². The highest BCUT2D eigenvalue weighted by Gasteiger charge is 2.25. The zero-order chi connectivity index (χ0) is 20.3. The van der Waals surface area contributed by atoms with Crippen LogP contribution >= 0.6 is 0 Å². The van der Waals surface area contributed by atoms with E-state index in [0.29, 0.717) is 6.42 Å². The normalized spacial score (nSPS) is 13.6. The van der Waals surface area contributed by atoms with Crippen molar-refractivity contribution in [2.45, 2.75) is 38.8 Å². The number of benzene rings is 3. The topological polar surface area (TPSA) is 92.4 Å². The summed E-state index contributed by atoms with van der Waals surface area (Å²) in [4.78, 5) is 24.4. The Bertz CT molecular complexity index is 959. The van der Waals surface area contributed by atoms with Gasteiger partial charge in [0.15, 0.2) is 0 Å². The van der Waals surface area contributed by atoms with E-state index >= 15 is 0 Å². The van der Waals surface area contributed by atoms with Gasteiger partial charge in [-0.15, -0.1) is 0 Å². The highest BCUT2D eigenvalue weighted by atomic mass is 16.3. The first-order valence-electron chi connectivity index (χ1n) is 9.54. The number of carbonyl (C=O) groups is 2. The number of hydrogen-bond donors (Lipinski definition) is 3. The summed E-state index contributed by atoms with van der Waals surface area (Å²) in [5.74, 6) is -1.03. The van der Waals surface area contributed by atoms with Crippen molar-refractivity contribution in [2.75, 3.05) is 0 Å². The predicted molar refractivity (Wildman–Crippen MR) is 112 cm³/mol. The first kappa shape index (κ1) is 19.8. The lowest BCUT2D eigenvalue weighted by Crippen LogP contribution is -2.49. The molecule has 0 heterocycles. The molecule has 5 nitrogen and oxygen atoms in total. The van der Waals surface area contributed by atoms with Crippen molar-refractivity contribution in [3.05, 3.63) is 60.2 Å². The van der Waals surface area contributed by atoms with E-state index in [9.17, 15) is 14.7 Å². The highest BCUT2D eigenvalue weighted by molar-refractivity contribution is 6.03. The third-order valence-corrected chi connectivity index (χ3v) is 4.95. The Balaban J connectivity index is 1.98. The molecule has 0 aliphatic heterocycles. The second kappa shape index (κ2) is 8.40. The molecular formula is C23H26N2O3. The SMILES string of the molecule is CC(C)C[C@@H](O)C(=O)N[C@@H](Cc1c2ccccc2cc2ccccc12)C(N)=O. The van der Waals surface area contributed by atoms with Crippen molar-refractivity contribution < 1.29 is 14.7 Å². The predicted octanol–water partition coefficient (Wildman–Crippen LogP) is 2.91. The van der Waals surface area contributed by atoms with E-state index in [1.807, 2.05) is 62.4 Å². The summed E-state index contributed by atoms with van der Waals surface area (Å²) < 4.78 is 0. The van der Waals surface area contributed by atoms with Crippen LogP contribution in [0.5, 0.6) is 0 Å². The van der Waals surface area contributed by atoms with Crippen molar-refractivity contribution in [1.82, 2.24) is 5.32 Å². The quantitative estimate of drug-likeness (QED) is 0.552. The largest absolute Gasteiger partial charge is 0.383 e. The minimum atomic E-state index is -1.16. The van der Waals surface area contributed by atoms with Crippen LogP contribution in [0.3, 0.4) is 0 Å². The van der Waals surface area contributed by atoms with E-state index in [-0.39, 0.29) is 12.3 Å². The van der Waals surface area contributed by atoms with Crippen LogP contribution in [0.4, 0.5) is 0 Å². The molecule has 0 fully saturated rings. The smallest absolute Gasteiger partial charge is 0.249 e. The summed E-state index contributed by atoms with van der Waals surface area (Å²) in [6, 6.07) is 17.1. The number of rotatable bonds is 7. The van der Waals surface area contributed by atoms with E-state index in [0.717, 1.165) is 27.1 Å². The van der Waals surface area contributed by atoms with Crippen LogP contribution in [0, 0.1) is 5.92 Å². The lowest BCUT2D eigenvalue weighted by atomic mass is 9.92. The number of amides is 2. The van der Waals surface area contributed by atoms with Gasteiger partial charge in [0.05, 0.1) is 0 Å². The molecule has 0 aromatic heterocycles. The summed E-state index contributed by atoms with van der Waals surface area (Å²) >= 11 is 0. The number of aliphatic hydroxyl groups excluding tert-OH is 1. The van der Waals surface area contributed by atoms with Gasteiger partial charge in [0, 0.05) is 6.42 Å². The van der Waals surface area contributed by atoms with E-state index in [1.165, 1.54) is 0 Å². The fourth-order valence-electron chi connectivity index (χ4n) is 3.58. The van der Waals surface area contributed by atoms with Crippen LogP contribution in [-0.4, -0.2) is 29.1 Å². The molecule has 2 atom stereocenters. The van der Waals surface area contributed by atoms with Gasteiger partial charge in [0.2, 0.25) is 11.8 Å². The first-order chi connectivity index (χ1) is 13.4. The Morgan fingerprint density at radius 3 is 2.04 bits per heavy atom. The van der Waals surface area contributed by atoms with Gasteiger partial charge >= 0.3 is 0 Å². The van der Waals surface area contributed by atoms with Gasteiger partial charge in [-0.2, -0.15) is 0 Å². The van der Waals surface area contributed by atoms with Gasteiger partial charge in [0.25, 0.3) is 0 Å². The summed E-state index contributed by atoms with van der Waals surface area (Å²) in [5, 5.41) is 16.9. The van der Waals surface area contributed by atoms with Crippen molar-refractivity contribution >= 4 is 33.4 Å². The molecule has 3 rings (SSSR count). The Hall–Kier alpha value is -2.92. The van der Waals surface area contributed by atoms with Gasteiger partial charge in [-0.1, -0.05) is 62.4 Å². The number of hydrogen-bond acceptors (Lipinski definition) is 3. The minimum Gasteiger partial charge on any atom is -0.383 e. The molecule has 2 amide bonds. The highest BCUT2D eigenvalue weighted by Crippen LogP contribution is 2.29. The minimum absolute atomic E-state index is 0.162. The number of fused-ring (bicyclic) bond motifs is 2. The molecule has 0 aliphatic rings. The van der Waals surface area contributed by atoms with Crippen LogP contribution in [0.25, 0.3) is 21.5 Å². The van der Waals surface area contributed by atoms with Crippen LogP contribution in [0.1, 0.15) is 25.8 Å². The second-order valence-corrected chi connectivity index (χ2v) is 7.61. The molecule has 0 spiro atoms. The van der Waals surface area contributed by atoms with Gasteiger partial charge in [-0.05, 0) is 45.5 Å². The molecule has 146 valence electrons. The summed E-state index contributed by atoms with van der Waals surface area (Å²) in [6.45, 7) is 3.84. The Kier molecular flexibility index (Phi) is 5.95. The van der Waals surface area contributed by atoms with Crippen molar-refractivity contribution in [1.29, 1.82) is 0 Å². The van der Waals surface area contributed by atoms with Gasteiger partial charge < -0.3 is 16.2 Å². The molecule has 3 aromatic rings. The molecule has 28 heavy (non-hydrogen) atoms. The van der Waals surface area contributed by atoms with Crippen LogP contribution in [0.2, 0.25) is 0 Å². The molecule has 0 radical (unpaired) electrons. The number of nitrogens with one attached hydrogen (secondary N) is 1. The van der Waals surface area contributed by atoms with Gasteiger partial charge in [-0.3, -0.25) is 9.59 Å². The van der Waals surface area contributed by atoms with E-state index < -0.39 is 24.0 Å².